The summed E-state index contributed by atoms with van der Waals surface area (Å²) in [6, 6.07) is 5.30. The molecule has 138 valence electrons. The summed E-state index contributed by atoms with van der Waals surface area (Å²) in [7, 11) is 3.08. The second-order valence-corrected chi connectivity index (χ2v) is 7.07. The first-order chi connectivity index (χ1) is 13.0. The molecule has 4 rings (SSSR count). The summed E-state index contributed by atoms with van der Waals surface area (Å²) in [5.74, 6) is 1.56. The van der Waals surface area contributed by atoms with Gasteiger partial charge in [-0.15, -0.1) is 0 Å². The first-order valence-corrected chi connectivity index (χ1v) is 9.06. The molecule has 0 bridgehead atoms. The van der Waals surface area contributed by atoms with Crippen LogP contribution < -0.4 is 15.0 Å². The monoisotopic (exact) mass is 428 g/mol. The van der Waals surface area contributed by atoms with Gasteiger partial charge in [0.2, 0.25) is 0 Å². The predicted octanol–water partition coefficient (Wildman–Crippen LogP) is 3.25. The molecule has 0 fully saturated rings. The van der Waals surface area contributed by atoms with Gasteiger partial charge in [0.25, 0.3) is 5.56 Å². The molecule has 3 heterocycles. The number of H-pyrrole nitrogens is 1. The second-order valence-electron chi connectivity index (χ2n) is 6.22. The Morgan fingerprint density at radius 1 is 1.11 bits per heavy atom. The lowest BCUT2D eigenvalue weighted by Crippen LogP contribution is -2.12. The van der Waals surface area contributed by atoms with Crippen LogP contribution in [0, 0.1) is 6.92 Å². The summed E-state index contributed by atoms with van der Waals surface area (Å²) in [5.41, 5.74) is 3.09. The number of ether oxygens (including phenoxy) is 2. The maximum Gasteiger partial charge on any atom is 0.258 e. The van der Waals surface area contributed by atoms with Gasteiger partial charge in [0.15, 0.2) is 11.5 Å². The molecule has 0 aliphatic carbocycles. The van der Waals surface area contributed by atoms with Crippen molar-refractivity contribution in [2.75, 3.05) is 14.2 Å². The fourth-order valence-electron chi connectivity index (χ4n) is 3.02. The van der Waals surface area contributed by atoms with E-state index in [0.29, 0.717) is 34.6 Å². The normalized spacial score (nSPS) is 11.3. The van der Waals surface area contributed by atoms with Crippen molar-refractivity contribution in [3.63, 3.8) is 0 Å². The highest BCUT2D eigenvalue weighted by Gasteiger charge is 2.12. The molecule has 0 spiro atoms. The van der Waals surface area contributed by atoms with E-state index in [1.54, 1.807) is 19.2 Å². The molecule has 0 saturated heterocycles. The molecule has 1 aromatic carbocycles. The van der Waals surface area contributed by atoms with Crippen molar-refractivity contribution < 1.29 is 9.47 Å². The van der Waals surface area contributed by atoms with E-state index >= 15 is 0 Å². The standard InChI is InChI=1S/C19H17BrN4O3/c1-10-8-24-9-11(21-18(24)6-13(10)20)4-17-22-14-7-16(27-3)15(26-2)5-12(14)19(25)23-17/h5-9H,4H2,1-3H3,(H,22,23,25). The molecule has 0 amide bonds. The van der Waals surface area contributed by atoms with Crippen LogP contribution in [-0.2, 0) is 6.42 Å². The zero-order valence-electron chi connectivity index (χ0n) is 15.0. The fraction of sp³-hybridized carbons (Fsp3) is 0.211. The molecule has 7 nitrogen and oxygen atoms in total. The number of aromatic nitrogens is 4. The van der Waals surface area contributed by atoms with Gasteiger partial charge in [-0.1, -0.05) is 15.9 Å². The highest BCUT2D eigenvalue weighted by Crippen LogP contribution is 2.30. The van der Waals surface area contributed by atoms with Gasteiger partial charge in [-0.3, -0.25) is 4.79 Å². The minimum Gasteiger partial charge on any atom is -0.493 e. The van der Waals surface area contributed by atoms with E-state index in [-0.39, 0.29) is 5.56 Å². The summed E-state index contributed by atoms with van der Waals surface area (Å²) in [4.78, 5) is 24.5. The van der Waals surface area contributed by atoms with Crippen LogP contribution in [0.25, 0.3) is 16.6 Å². The Hall–Kier alpha value is -2.87. The van der Waals surface area contributed by atoms with Crippen molar-refractivity contribution in [1.29, 1.82) is 0 Å². The number of fused-ring (bicyclic) bond motifs is 2. The first kappa shape index (κ1) is 17.5. The molecule has 0 unspecified atom stereocenters. The lowest BCUT2D eigenvalue weighted by Gasteiger charge is -2.09. The number of imidazole rings is 1. The van der Waals surface area contributed by atoms with Crippen molar-refractivity contribution in [3.8, 4) is 11.5 Å². The minimum atomic E-state index is -0.224. The summed E-state index contributed by atoms with van der Waals surface area (Å²) in [6.45, 7) is 2.02. The number of nitrogens with one attached hydrogen (secondary N) is 1. The number of halogens is 1. The average molecular weight is 429 g/mol. The highest BCUT2D eigenvalue weighted by atomic mass is 79.9. The van der Waals surface area contributed by atoms with Crippen molar-refractivity contribution in [2.45, 2.75) is 13.3 Å². The van der Waals surface area contributed by atoms with Gasteiger partial charge in [0.05, 0.1) is 30.8 Å². The largest absolute Gasteiger partial charge is 0.493 e. The molecule has 3 aromatic heterocycles. The molecule has 0 aliphatic rings. The summed E-state index contributed by atoms with van der Waals surface area (Å²) in [5, 5.41) is 0.450. The number of methoxy groups -OCH3 is 2. The highest BCUT2D eigenvalue weighted by molar-refractivity contribution is 9.10. The Morgan fingerprint density at radius 3 is 2.59 bits per heavy atom. The van der Waals surface area contributed by atoms with Gasteiger partial charge >= 0.3 is 0 Å². The van der Waals surface area contributed by atoms with E-state index in [4.69, 9.17) is 9.47 Å². The Morgan fingerprint density at radius 2 is 1.85 bits per heavy atom. The molecular formula is C19H17BrN4O3. The van der Waals surface area contributed by atoms with E-state index in [0.717, 1.165) is 21.4 Å². The van der Waals surface area contributed by atoms with Crippen molar-refractivity contribution in [2.24, 2.45) is 0 Å². The number of nitrogens with zero attached hydrogens (tertiary/aromatic N) is 3. The van der Waals surface area contributed by atoms with Crippen molar-refractivity contribution in [3.05, 3.63) is 62.5 Å². The fourth-order valence-corrected chi connectivity index (χ4v) is 3.33. The molecular weight excluding hydrogens is 412 g/mol. The molecule has 4 aromatic rings. The van der Waals surface area contributed by atoms with Crippen LogP contribution in [0.15, 0.2) is 39.9 Å². The molecule has 0 atom stereocenters. The SMILES string of the molecule is COc1cc2nc(Cc3cn4cc(C)c(Br)cc4n3)[nH]c(=O)c2cc1OC. The zero-order chi connectivity index (χ0) is 19.1. The molecule has 0 radical (unpaired) electrons. The number of hydrogen-bond acceptors (Lipinski definition) is 5. The average Bonchev–Trinajstić information content (AvgIpc) is 3.01. The molecule has 27 heavy (non-hydrogen) atoms. The number of benzene rings is 1. The first-order valence-electron chi connectivity index (χ1n) is 8.27. The maximum atomic E-state index is 12.5. The van der Waals surface area contributed by atoms with Gasteiger partial charge in [0, 0.05) is 29.4 Å². The van der Waals surface area contributed by atoms with Gasteiger partial charge in [0.1, 0.15) is 11.5 Å². The third-order valence-corrected chi connectivity index (χ3v) is 5.24. The maximum absolute atomic E-state index is 12.5. The second kappa shape index (κ2) is 6.70. The third-order valence-electron chi connectivity index (χ3n) is 4.38. The number of pyridine rings is 1. The number of aryl methyl sites for hydroxylation is 1. The Bertz CT molecular complexity index is 1190. The van der Waals surface area contributed by atoms with E-state index in [1.807, 2.05) is 29.8 Å². The van der Waals surface area contributed by atoms with Crippen LogP contribution in [0.2, 0.25) is 0 Å². The smallest absolute Gasteiger partial charge is 0.258 e. The molecule has 1 N–H and O–H groups in total. The minimum absolute atomic E-state index is 0.224. The third kappa shape index (κ3) is 3.16. The van der Waals surface area contributed by atoms with E-state index < -0.39 is 0 Å². The van der Waals surface area contributed by atoms with Crippen LogP contribution in [0.3, 0.4) is 0 Å². The Labute approximate surface area is 163 Å². The van der Waals surface area contributed by atoms with Gasteiger partial charge in [-0.25, -0.2) is 9.97 Å². The topological polar surface area (TPSA) is 81.5 Å². The number of rotatable bonds is 4. The predicted molar refractivity (Wildman–Crippen MR) is 106 cm³/mol. The van der Waals surface area contributed by atoms with Crippen LogP contribution in [-0.4, -0.2) is 33.6 Å². The van der Waals surface area contributed by atoms with Gasteiger partial charge in [-0.2, -0.15) is 0 Å². The lowest BCUT2D eigenvalue weighted by molar-refractivity contribution is 0.355. The summed E-state index contributed by atoms with van der Waals surface area (Å²) < 4.78 is 13.5. The Balaban J connectivity index is 1.77. The van der Waals surface area contributed by atoms with Crippen LogP contribution in [0.5, 0.6) is 11.5 Å². The van der Waals surface area contributed by atoms with Crippen LogP contribution in [0.4, 0.5) is 0 Å². The van der Waals surface area contributed by atoms with Crippen molar-refractivity contribution in [1.82, 2.24) is 19.4 Å². The van der Waals surface area contributed by atoms with E-state index in [2.05, 4.69) is 30.9 Å². The van der Waals surface area contributed by atoms with Gasteiger partial charge < -0.3 is 18.9 Å². The van der Waals surface area contributed by atoms with E-state index in [1.165, 1.54) is 7.11 Å². The number of aromatic amines is 1. The molecule has 0 aliphatic heterocycles. The zero-order valence-corrected chi connectivity index (χ0v) is 16.6. The quantitative estimate of drug-likeness (QED) is 0.539. The van der Waals surface area contributed by atoms with Crippen LogP contribution in [0.1, 0.15) is 17.1 Å². The van der Waals surface area contributed by atoms with Crippen LogP contribution >= 0.6 is 15.9 Å². The summed E-state index contributed by atoms with van der Waals surface area (Å²) in [6.07, 6.45) is 4.36. The lowest BCUT2D eigenvalue weighted by atomic mass is 10.2. The summed E-state index contributed by atoms with van der Waals surface area (Å²) >= 11 is 3.52. The molecule has 8 heteroatoms. The van der Waals surface area contributed by atoms with E-state index in [9.17, 15) is 4.79 Å². The van der Waals surface area contributed by atoms with Gasteiger partial charge in [-0.05, 0) is 24.6 Å². The molecule has 0 saturated carbocycles. The van der Waals surface area contributed by atoms with Crippen molar-refractivity contribution >= 4 is 32.5 Å². The number of hydrogen-bond donors (Lipinski definition) is 1. The Kier molecular flexibility index (Phi) is 4.35.